The van der Waals surface area contributed by atoms with Crippen LogP contribution in [0.3, 0.4) is 0 Å². The molecule has 150 valence electrons. The molecule has 0 spiro atoms. The number of rotatable bonds is 6. The first-order valence-electron chi connectivity index (χ1n) is 9.54. The van der Waals surface area contributed by atoms with Crippen LogP contribution in [0.1, 0.15) is 30.0 Å². The van der Waals surface area contributed by atoms with Crippen LogP contribution in [-0.4, -0.2) is 53.8 Å². The van der Waals surface area contributed by atoms with Gasteiger partial charge in [-0.15, -0.1) is 0 Å². The molecule has 1 aromatic carbocycles. The molecule has 28 heavy (non-hydrogen) atoms. The largest absolute Gasteiger partial charge is 0.459 e. The lowest BCUT2D eigenvalue weighted by molar-refractivity contribution is -0.136. The average Bonchev–Trinajstić information content (AvgIpc) is 3.22. The third kappa shape index (κ3) is 5.14. The molecule has 1 saturated heterocycles. The summed E-state index contributed by atoms with van der Waals surface area (Å²) in [6.45, 7) is 7.58. The summed E-state index contributed by atoms with van der Waals surface area (Å²) in [5.41, 5.74) is 1.20. The fraction of sp³-hybridized carbons (Fsp3) is 0.429. The Hall–Kier alpha value is -2.31. The van der Waals surface area contributed by atoms with Gasteiger partial charge in [-0.2, -0.15) is 0 Å². The molecule has 1 N–H and O–H groups in total. The number of hydrogen-bond donors (Lipinski definition) is 1. The predicted octanol–water partition coefficient (Wildman–Crippen LogP) is 3.03. The molecule has 2 aromatic rings. The zero-order chi connectivity index (χ0) is 20.1. The van der Waals surface area contributed by atoms with Crippen LogP contribution in [0.25, 0.3) is 0 Å². The van der Waals surface area contributed by atoms with E-state index >= 15 is 0 Å². The Morgan fingerprint density at radius 1 is 1.11 bits per heavy atom. The topological polar surface area (TPSA) is 65.8 Å². The minimum atomic E-state index is -0.569. The summed E-state index contributed by atoms with van der Waals surface area (Å²) in [7, 11) is 0. The molecule has 1 fully saturated rings. The highest BCUT2D eigenvalue weighted by Gasteiger charge is 2.31. The fourth-order valence-electron chi connectivity index (χ4n) is 3.30. The Labute approximate surface area is 170 Å². The van der Waals surface area contributed by atoms with Crippen molar-refractivity contribution in [3.8, 4) is 0 Å². The molecule has 1 aliphatic rings. The summed E-state index contributed by atoms with van der Waals surface area (Å²) >= 11 is 5.94. The lowest BCUT2D eigenvalue weighted by Gasteiger charge is -2.37. The summed E-state index contributed by atoms with van der Waals surface area (Å²) in [5.74, 6) is -0.204. The molecule has 2 amide bonds. The monoisotopic (exact) mass is 403 g/mol. The van der Waals surface area contributed by atoms with Crippen molar-refractivity contribution in [2.24, 2.45) is 5.92 Å². The van der Waals surface area contributed by atoms with Gasteiger partial charge in [0.1, 0.15) is 6.04 Å². The Kier molecular flexibility index (Phi) is 6.75. The summed E-state index contributed by atoms with van der Waals surface area (Å²) in [4.78, 5) is 29.4. The summed E-state index contributed by atoms with van der Waals surface area (Å²) < 4.78 is 5.13. The highest BCUT2D eigenvalue weighted by Crippen LogP contribution is 2.15. The van der Waals surface area contributed by atoms with E-state index in [1.54, 1.807) is 12.1 Å². The third-order valence-corrected chi connectivity index (χ3v) is 5.22. The van der Waals surface area contributed by atoms with Gasteiger partial charge in [0.05, 0.1) is 6.26 Å². The number of hydrogen-bond acceptors (Lipinski definition) is 4. The second kappa shape index (κ2) is 9.26. The second-order valence-corrected chi connectivity index (χ2v) is 7.84. The smallest absolute Gasteiger partial charge is 0.287 e. The minimum absolute atomic E-state index is 0.0153. The van der Waals surface area contributed by atoms with Crippen molar-refractivity contribution in [2.45, 2.75) is 26.4 Å². The van der Waals surface area contributed by atoms with E-state index in [1.807, 2.05) is 43.0 Å². The highest BCUT2D eigenvalue weighted by molar-refractivity contribution is 6.30. The molecule has 0 radical (unpaired) electrons. The maximum absolute atomic E-state index is 13.0. The third-order valence-electron chi connectivity index (χ3n) is 4.97. The number of amides is 2. The maximum Gasteiger partial charge on any atom is 0.287 e. The Balaban J connectivity index is 1.54. The van der Waals surface area contributed by atoms with Crippen molar-refractivity contribution >= 4 is 23.4 Å². The van der Waals surface area contributed by atoms with Gasteiger partial charge < -0.3 is 14.6 Å². The molecule has 1 unspecified atom stereocenters. The van der Waals surface area contributed by atoms with E-state index in [0.29, 0.717) is 13.1 Å². The minimum Gasteiger partial charge on any atom is -0.459 e. The maximum atomic E-state index is 13.0. The highest BCUT2D eigenvalue weighted by atomic mass is 35.5. The summed E-state index contributed by atoms with van der Waals surface area (Å²) in [6, 6.07) is 10.5. The van der Waals surface area contributed by atoms with Gasteiger partial charge in [-0.1, -0.05) is 37.6 Å². The molecule has 0 saturated carbocycles. The number of benzene rings is 1. The van der Waals surface area contributed by atoms with Crippen molar-refractivity contribution in [3.63, 3.8) is 0 Å². The predicted molar refractivity (Wildman–Crippen MR) is 108 cm³/mol. The number of nitrogens with one attached hydrogen (secondary N) is 1. The van der Waals surface area contributed by atoms with E-state index in [1.165, 1.54) is 11.8 Å². The lowest BCUT2D eigenvalue weighted by Crippen LogP contribution is -2.56. The van der Waals surface area contributed by atoms with E-state index < -0.39 is 6.04 Å². The van der Waals surface area contributed by atoms with Gasteiger partial charge in [-0.05, 0) is 35.7 Å². The summed E-state index contributed by atoms with van der Waals surface area (Å²) in [5, 5.41) is 3.55. The Bertz CT molecular complexity index is 782. The second-order valence-electron chi connectivity index (χ2n) is 7.40. The van der Waals surface area contributed by atoms with E-state index in [2.05, 4.69) is 10.2 Å². The van der Waals surface area contributed by atoms with Gasteiger partial charge in [0.15, 0.2) is 5.76 Å². The van der Waals surface area contributed by atoms with Crippen molar-refractivity contribution in [1.29, 1.82) is 0 Å². The summed E-state index contributed by atoms with van der Waals surface area (Å²) in [6.07, 6.45) is 1.45. The number of carbonyl (C=O) groups excluding carboxylic acids is 2. The standard InChI is InChI=1S/C21H26ClN3O3/c1-15(2)19(23-20(26)18-4-3-13-28-18)21(27)25-11-9-24(10-12-25)14-16-5-7-17(22)8-6-16/h3-8,13,15,19H,9-12,14H2,1-2H3,(H,23,26). The Morgan fingerprint density at radius 2 is 1.79 bits per heavy atom. The van der Waals surface area contributed by atoms with E-state index in [9.17, 15) is 9.59 Å². The van der Waals surface area contributed by atoms with Crippen molar-refractivity contribution in [1.82, 2.24) is 15.1 Å². The van der Waals surface area contributed by atoms with Crippen LogP contribution in [0.5, 0.6) is 0 Å². The number of furan rings is 1. The number of piperazine rings is 1. The zero-order valence-corrected chi connectivity index (χ0v) is 17.0. The van der Waals surface area contributed by atoms with Gasteiger partial charge in [0.25, 0.3) is 5.91 Å². The van der Waals surface area contributed by atoms with Gasteiger partial charge in [0, 0.05) is 37.7 Å². The van der Waals surface area contributed by atoms with Crippen LogP contribution in [0.4, 0.5) is 0 Å². The first-order valence-corrected chi connectivity index (χ1v) is 9.92. The average molecular weight is 404 g/mol. The molecule has 7 heteroatoms. The molecule has 1 aromatic heterocycles. The van der Waals surface area contributed by atoms with Crippen LogP contribution in [-0.2, 0) is 11.3 Å². The van der Waals surface area contributed by atoms with Crippen LogP contribution in [0, 0.1) is 5.92 Å². The van der Waals surface area contributed by atoms with E-state index in [0.717, 1.165) is 24.7 Å². The van der Waals surface area contributed by atoms with Crippen LogP contribution in [0.15, 0.2) is 47.1 Å². The molecule has 6 nitrogen and oxygen atoms in total. The fourth-order valence-corrected chi connectivity index (χ4v) is 3.43. The zero-order valence-electron chi connectivity index (χ0n) is 16.2. The van der Waals surface area contributed by atoms with Gasteiger partial charge in [0.2, 0.25) is 5.91 Å². The van der Waals surface area contributed by atoms with Crippen molar-refractivity contribution in [3.05, 3.63) is 59.0 Å². The SMILES string of the molecule is CC(C)C(NC(=O)c1ccco1)C(=O)N1CCN(Cc2ccc(Cl)cc2)CC1. The molecule has 2 heterocycles. The normalized spacial score (nSPS) is 16.2. The van der Waals surface area contributed by atoms with E-state index in [4.69, 9.17) is 16.0 Å². The van der Waals surface area contributed by atoms with Crippen molar-refractivity contribution < 1.29 is 14.0 Å². The molecular formula is C21H26ClN3O3. The molecule has 1 atom stereocenters. The van der Waals surface area contributed by atoms with Gasteiger partial charge >= 0.3 is 0 Å². The number of carbonyl (C=O) groups is 2. The number of halogens is 1. The van der Waals surface area contributed by atoms with Crippen LogP contribution < -0.4 is 5.32 Å². The first kappa shape index (κ1) is 20.4. The molecular weight excluding hydrogens is 378 g/mol. The van der Waals surface area contributed by atoms with Crippen molar-refractivity contribution in [2.75, 3.05) is 26.2 Å². The quantitative estimate of drug-likeness (QED) is 0.805. The number of nitrogens with zero attached hydrogens (tertiary/aromatic N) is 2. The van der Waals surface area contributed by atoms with Gasteiger partial charge in [-0.25, -0.2) is 0 Å². The Morgan fingerprint density at radius 3 is 2.36 bits per heavy atom. The van der Waals surface area contributed by atoms with Gasteiger partial charge in [-0.3, -0.25) is 14.5 Å². The lowest BCUT2D eigenvalue weighted by atomic mass is 10.0. The molecule has 0 aliphatic carbocycles. The molecule has 3 rings (SSSR count). The molecule has 0 bridgehead atoms. The van der Waals surface area contributed by atoms with E-state index in [-0.39, 0.29) is 23.5 Å². The molecule has 1 aliphatic heterocycles. The van der Waals surface area contributed by atoms with Crippen LogP contribution in [0.2, 0.25) is 5.02 Å². The first-order chi connectivity index (χ1) is 13.4. The van der Waals surface area contributed by atoms with Crippen LogP contribution >= 0.6 is 11.6 Å².